The molecule has 57 heavy (non-hydrogen) atoms. The molecule has 13 nitrogen and oxygen atoms in total. The number of fused-ring (bicyclic) bond motifs is 2. The Morgan fingerprint density at radius 2 is 1.65 bits per heavy atom. The number of imide groups is 1. The highest BCUT2D eigenvalue weighted by Crippen LogP contribution is 2.39. The number of anilines is 3. The summed E-state index contributed by atoms with van der Waals surface area (Å²) < 4.78 is 5.71. The molecule has 0 radical (unpaired) electrons. The predicted octanol–water partition coefficient (Wildman–Crippen LogP) is 5.28. The molecule has 9 rings (SSSR count). The van der Waals surface area contributed by atoms with Crippen molar-refractivity contribution < 1.29 is 19.1 Å². The van der Waals surface area contributed by atoms with Gasteiger partial charge in [0.2, 0.25) is 11.8 Å². The number of nitrogens with one attached hydrogen (secondary N) is 2. The van der Waals surface area contributed by atoms with E-state index in [1.807, 2.05) is 12.1 Å². The molecule has 0 saturated carbocycles. The van der Waals surface area contributed by atoms with Crippen LogP contribution >= 0.6 is 11.6 Å². The van der Waals surface area contributed by atoms with Crippen LogP contribution in [0.3, 0.4) is 0 Å². The first-order chi connectivity index (χ1) is 27.8. The molecule has 3 amide bonds. The fourth-order valence-corrected chi connectivity index (χ4v) is 9.97. The van der Waals surface area contributed by atoms with Crippen LogP contribution in [0.5, 0.6) is 5.75 Å². The minimum atomic E-state index is -0.649. The second-order valence-electron chi connectivity index (χ2n) is 16.1. The van der Waals surface area contributed by atoms with Gasteiger partial charge in [-0.3, -0.25) is 29.6 Å². The van der Waals surface area contributed by atoms with Crippen LogP contribution in [-0.4, -0.2) is 110 Å². The average molecular weight is 790 g/mol. The van der Waals surface area contributed by atoms with Gasteiger partial charge in [0, 0.05) is 107 Å². The minimum Gasteiger partial charge on any atom is -0.496 e. The monoisotopic (exact) mass is 789 g/mol. The number of piperidine rings is 3. The van der Waals surface area contributed by atoms with Gasteiger partial charge in [-0.1, -0.05) is 11.6 Å². The van der Waals surface area contributed by atoms with E-state index in [4.69, 9.17) is 21.3 Å². The van der Waals surface area contributed by atoms with E-state index in [1.54, 1.807) is 18.2 Å². The Morgan fingerprint density at radius 3 is 2.35 bits per heavy atom. The van der Waals surface area contributed by atoms with Crippen LogP contribution in [0.1, 0.15) is 71.6 Å². The first-order valence-corrected chi connectivity index (χ1v) is 20.6. The van der Waals surface area contributed by atoms with Gasteiger partial charge in [0.15, 0.2) is 0 Å². The number of benzene rings is 2. The van der Waals surface area contributed by atoms with Gasteiger partial charge in [-0.05, 0) is 73.9 Å². The molecule has 5 aliphatic heterocycles. The average Bonchev–Trinajstić information content (AvgIpc) is 3.83. The molecule has 7 heterocycles. The highest BCUT2D eigenvalue weighted by atomic mass is 35.5. The largest absolute Gasteiger partial charge is 0.496 e. The number of carbonyl (C=O) groups is 3. The Balaban J connectivity index is 0.740. The lowest BCUT2D eigenvalue weighted by Gasteiger charge is -2.40. The first kappa shape index (κ1) is 37.3. The lowest BCUT2D eigenvalue weighted by Crippen LogP contribution is -2.52. The van der Waals surface area contributed by atoms with E-state index in [0.29, 0.717) is 46.7 Å². The lowest BCUT2D eigenvalue weighted by molar-refractivity contribution is -0.136. The summed E-state index contributed by atoms with van der Waals surface area (Å²) in [6.45, 7) is 9.09. The molecule has 4 fully saturated rings. The van der Waals surface area contributed by atoms with Crippen LogP contribution < -0.4 is 24.8 Å². The third-order valence-corrected chi connectivity index (χ3v) is 13.2. The van der Waals surface area contributed by atoms with Gasteiger partial charge in [-0.15, -0.1) is 0 Å². The summed E-state index contributed by atoms with van der Waals surface area (Å²) in [6, 6.07) is 14.1. The summed E-state index contributed by atoms with van der Waals surface area (Å²) in [5.41, 5.74) is 7.41. The molecule has 0 aliphatic carbocycles. The molecule has 14 heteroatoms. The zero-order valence-corrected chi connectivity index (χ0v) is 33.1. The van der Waals surface area contributed by atoms with Crippen LogP contribution in [0.15, 0.2) is 48.8 Å². The van der Waals surface area contributed by atoms with Gasteiger partial charge in [0.1, 0.15) is 17.9 Å². The summed E-state index contributed by atoms with van der Waals surface area (Å²) in [5.74, 6) is 0.705. The maximum Gasteiger partial charge on any atom is 0.258 e. The Labute approximate surface area is 337 Å². The Kier molecular flexibility index (Phi) is 10.2. The van der Waals surface area contributed by atoms with Crippen molar-refractivity contribution in [3.05, 3.63) is 76.2 Å². The zero-order valence-electron chi connectivity index (χ0n) is 32.3. The number of piperazine rings is 1. The fraction of sp³-hybridized carbons (Fsp3) is 0.465. The standard InChI is InChI=1S/C43H48ClN9O4/c1-57-37-21-32(20-29-26-53(43(56)40(29)37)36-6-7-38(54)48-42(36)55)51-18-16-49(17-19-51)25-27-8-12-50(13-9-27)31-2-4-34(46-24-31)28-10-14-52(15-11-28)35-5-3-33(44)39-30(22-45)23-47-41(35)39/h2-5,20-21,23-24,27-28,36,47H,6-19,25-26H2,1H3,(H,48,54,55). The molecule has 5 aliphatic rings. The predicted molar refractivity (Wildman–Crippen MR) is 219 cm³/mol. The number of amides is 3. The van der Waals surface area contributed by atoms with Crippen molar-refractivity contribution in [2.24, 2.45) is 5.92 Å². The number of carbonyl (C=O) groups excluding carboxylic acids is 3. The Hall–Kier alpha value is -5.32. The third kappa shape index (κ3) is 7.14. The molecule has 2 aromatic carbocycles. The van der Waals surface area contributed by atoms with Crippen molar-refractivity contribution in [2.45, 2.75) is 57.0 Å². The number of rotatable bonds is 8. The molecule has 296 valence electrons. The van der Waals surface area contributed by atoms with Crippen LogP contribution in [0.25, 0.3) is 10.9 Å². The number of ether oxygens (including phenoxy) is 1. The highest BCUT2D eigenvalue weighted by molar-refractivity contribution is 6.36. The van der Waals surface area contributed by atoms with Gasteiger partial charge >= 0.3 is 0 Å². The number of hydrogen-bond acceptors (Lipinski definition) is 10. The van der Waals surface area contributed by atoms with E-state index in [9.17, 15) is 19.6 Å². The van der Waals surface area contributed by atoms with E-state index in [2.05, 4.69) is 66.4 Å². The van der Waals surface area contributed by atoms with Gasteiger partial charge < -0.3 is 29.3 Å². The molecule has 2 N–H and O–H groups in total. The lowest BCUT2D eigenvalue weighted by atomic mass is 9.92. The van der Waals surface area contributed by atoms with Crippen LogP contribution in [0, 0.1) is 17.2 Å². The van der Waals surface area contributed by atoms with Gasteiger partial charge in [0.25, 0.3) is 5.91 Å². The van der Waals surface area contributed by atoms with E-state index in [1.165, 1.54) is 11.4 Å². The number of pyridine rings is 1. The quantitative estimate of drug-likeness (QED) is 0.227. The number of methoxy groups -OCH3 is 1. The Morgan fingerprint density at radius 1 is 0.895 bits per heavy atom. The van der Waals surface area contributed by atoms with Gasteiger partial charge in [-0.2, -0.15) is 5.26 Å². The Bertz CT molecular complexity index is 2230. The summed E-state index contributed by atoms with van der Waals surface area (Å²) in [5, 5.41) is 13.3. The van der Waals surface area contributed by atoms with Crippen LogP contribution in [-0.2, 0) is 16.1 Å². The third-order valence-electron chi connectivity index (χ3n) is 12.9. The SMILES string of the molecule is COc1cc(N2CCN(CC3CCN(c4ccc(C5CCN(c6ccc(Cl)c7c(C#N)c[nH]c67)CC5)nc4)CC3)CC2)cc2c1C(=O)N(C1CCC(=O)NC1=O)C2. The molecule has 4 aromatic rings. The van der Waals surface area contributed by atoms with Crippen molar-refractivity contribution in [3.63, 3.8) is 0 Å². The number of aromatic amines is 1. The molecular formula is C43H48ClN9O4. The van der Waals surface area contributed by atoms with E-state index < -0.39 is 11.9 Å². The molecule has 0 bridgehead atoms. The molecule has 0 spiro atoms. The summed E-state index contributed by atoms with van der Waals surface area (Å²) in [4.78, 5) is 57.4. The summed E-state index contributed by atoms with van der Waals surface area (Å²) in [6.07, 6.45) is 8.75. The zero-order chi connectivity index (χ0) is 39.2. The minimum absolute atomic E-state index is 0.216. The summed E-state index contributed by atoms with van der Waals surface area (Å²) >= 11 is 6.45. The maximum atomic E-state index is 13.4. The number of nitriles is 1. The number of halogens is 1. The molecular weight excluding hydrogens is 742 g/mol. The van der Waals surface area contributed by atoms with Crippen molar-refractivity contribution in [3.8, 4) is 11.8 Å². The number of aromatic nitrogens is 2. The first-order valence-electron chi connectivity index (χ1n) is 20.3. The number of H-pyrrole nitrogens is 1. The molecule has 2 aromatic heterocycles. The topological polar surface area (TPSA) is 141 Å². The normalized spacial score (nSPS) is 21.3. The summed E-state index contributed by atoms with van der Waals surface area (Å²) in [7, 11) is 1.58. The second-order valence-corrected chi connectivity index (χ2v) is 16.5. The van der Waals surface area contributed by atoms with Crippen LogP contribution in [0.2, 0.25) is 5.02 Å². The number of nitrogens with zero attached hydrogens (tertiary/aromatic N) is 7. The van der Waals surface area contributed by atoms with Crippen LogP contribution in [0.4, 0.5) is 17.1 Å². The number of hydrogen-bond donors (Lipinski definition) is 2. The molecule has 1 atom stereocenters. The van der Waals surface area contributed by atoms with Gasteiger partial charge in [0.05, 0.1) is 46.3 Å². The fourth-order valence-electron chi connectivity index (χ4n) is 9.71. The van der Waals surface area contributed by atoms with E-state index in [-0.39, 0.29) is 18.2 Å². The molecule has 4 saturated heterocycles. The van der Waals surface area contributed by atoms with Crippen molar-refractivity contribution >= 4 is 57.3 Å². The highest BCUT2D eigenvalue weighted by Gasteiger charge is 2.41. The van der Waals surface area contributed by atoms with E-state index in [0.717, 1.165) is 112 Å². The molecule has 1 unspecified atom stereocenters. The second kappa shape index (κ2) is 15.6. The van der Waals surface area contributed by atoms with E-state index >= 15 is 0 Å². The smallest absolute Gasteiger partial charge is 0.258 e. The van der Waals surface area contributed by atoms with Crippen molar-refractivity contribution in [1.82, 2.24) is 25.1 Å². The maximum absolute atomic E-state index is 13.4. The van der Waals surface area contributed by atoms with Gasteiger partial charge in [-0.25, -0.2) is 0 Å². The van der Waals surface area contributed by atoms with Crippen molar-refractivity contribution in [2.75, 3.05) is 80.7 Å². The van der Waals surface area contributed by atoms with Crippen molar-refractivity contribution in [1.29, 1.82) is 5.26 Å².